The van der Waals surface area contributed by atoms with E-state index in [1.165, 1.54) is 11.1 Å². The topological polar surface area (TPSA) is 29.1 Å². The van der Waals surface area contributed by atoms with Gasteiger partial charge in [-0.15, -0.1) is 11.6 Å². The van der Waals surface area contributed by atoms with Gasteiger partial charge in [0.2, 0.25) is 5.91 Å². The summed E-state index contributed by atoms with van der Waals surface area (Å²) in [5.41, 5.74) is 2.46. The monoisotopic (exact) mass is 267 g/mol. The van der Waals surface area contributed by atoms with Crippen molar-refractivity contribution in [1.82, 2.24) is 5.32 Å². The molecule has 1 atom stereocenters. The second-order valence-corrected chi connectivity index (χ2v) is 5.16. The lowest BCUT2D eigenvalue weighted by molar-refractivity contribution is -0.121. The number of nitrogens with one attached hydrogen (secondary N) is 1. The smallest absolute Gasteiger partial charge is 0.220 e. The van der Waals surface area contributed by atoms with Crippen molar-refractivity contribution in [3.63, 3.8) is 0 Å². The summed E-state index contributed by atoms with van der Waals surface area (Å²) in [6.07, 6.45) is 3.24. The van der Waals surface area contributed by atoms with E-state index in [1.54, 1.807) is 0 Å². The van der Waals surface area contributed by atoms with Crippen LogP contribution in [0, 0.1) is 6.92 Å². The molecule has 18 heavy (non-hydrogen) atoms. The molecule has 1 rings (SSSR count). The van der Waals surface area contributed by atoms with E-state index in [-0.39, 0.29) is 11.9 Å². The molecule has 0 heterocycles. The highest BCUT2D eigenvalue weighted by Crippen LogP contribution is 2.06. The van der Waals surface area contributed by atoms with Crippen molar-refractivity contribution in [2.45, 2.75) is 45.6 Å². The number of hydrogen-bond acceptors (Lipinski definition) is 1. The Kier molecular flexibility index (Phi) is 6.81. The zero-order chi connectivity index (χ0) is 13.4. The SMILES string of the molecule is Cc1ccc(CCC(=O)NC(C)CCCCl)cc1. The number of halogens is 1. The molecule has 0 saturated heterocycles. The summed E-state index contributed by atoms with van der Waals surface area (Å²) in [6.45, 7) is 4.09. The van der Waals surface area contributed by atoms with E-state index in [0.717, 1.165) is 19.3 Å². The minimum absolute atomic E-state index is 0.123. The first-order valence-corrected chi connectivity index (χ1v) is 7.06. The van der Waals surface area contributed by atoms with Gasteiger partial charge in [-0.25, -0.2) is 0 Å². The van der Waals surface area contributed by atoms with Crippen molar-refractivity contribution >= 4 is 17.5 Å². The second kappa shape index (κ2) is 8.15. The number of alkyl halides is 1. The molecule has 1 aromatic carbocycles. The van der Waals surface area contributed by atoms with E-state index in [4.69, 9.17) is 11.6 Å². The zero-order valence-electron chi connectivity index (χ0n) is 11.2. The van der Waals surface area contributed by atoms with Crippen molar-refractivity contribution in [2.24, 2.45) is 0 Å². The number of rotatable bonds is 7. The van der Waals surface area contributed by atoms with Gasteiger partial charge < -0.3 is 5.32 Å². The molecule has 0 radical (unpaired) electrons. The van der Waals surface area contributed by atoms with Crippen LogP contribution in [0.4, 0.5) is 0 Å². The first-order chi connectivity index (χ1) is 8.61. The van der Waals surface area contributed by atoms with Gasteiger partial charge in [0.1, 0.15) is 0 Å². The van der Waals surface area contributed by atoms with Gasteiger partial charge in [-0.1, -0.05) is 29.8 Å². The molecule has 100 valence electrons. The summed E-state index contributed by atoms with van der Waals surface area (Å²) >= 11 is 5.62. The molecule has 1 amide bonds. The van der Waals surface area contributed by atoms with Crippen LogP contribution in [0.2, 0.25) is 0 Å². The number of benzene rings is 1. The molecular formula is C15H22ClNO. The van der Waals surface area contributed by atoms with E-state index < -0.39 is 0 Å². The second-order valence-electron chi connectivity index (χ2n) is 4.79. The first-order valence-electron chi connectivity index (χ1n) is 6.52. The van der Waals surface area contributed by atoms with Gasteiger partial charge in [0.05, 0.1) is 0 Å². The highest BCUT2D eigenvalue weighted by molar-refractivity contribution is 6.17. The fourth-order valence-electron chi connectivity index (χ4n) is 1.82. The molecule has 1 unspecified atom stereocenters. The van der Waals surface area contributed by atoms with Gasteiger partial charge in [0.15, 0.2) is 0 Å². The molecule has 0 aliphatic carbocycles. The summed E-state index contributed by atoms with van der Waals surface area (Å²) in [6, 6.07) is 8.54. The van der Waals surface area contributed by atoms with Crippen LogP contribution >= 0.6 is 11.6 Å². The largest absolute Gasteiger partial charge is 0.354 e. The first kappa shape index (κ1) is 15.0. The summed E-state index contributed by atoms with van der Waals surface area (Å²) < 4.78 is 0. The van der Waals surface area contributed by atoms with Gasteiger partial charge in [-0.2, -0.15) is 0 Å². The van der Waals surface area contributed by atoms with Crippen LogP contribution in [0.5, 0.6) is 0 Å². The Labute approximate surface area is 115 Å². The van der Waals surface area contributed by atoms with Gasteiger partial charge in [-0.3, -0.25) is 4.79 Å². The molecule has 0 aromatic heterocycles. The van der Waals surface area contributed by atoms with Crippen LogP contribution in [-0.2, 0) is 11.2 Å². The molecular weight excluding hydrogens is 246 g/mol. The summed E-state index contributed by atoms with van der Waals surface area (Å²) in [4.78, 5) is 11.7. The van der Waals surface area contributed by atoms with E-state index in [2.05, 4.69) is 36.5 Å². The van der Waals surface area contributed by atoms with E-state index in [9.17, 15) is 4.79 Å². The van der Waals surface area contributed by atoms with E-state index in [0.29, 0.717) is 12.3 Å². The Morgan fingerprint density at radius 3 is 2.61 bits per heavy atom. The molecule has 0 saturated carbocycles. The lowest BCUT2D eigenvalue weighted by Crippen LogP contribution is -2.32. The molecule has 0 bridgehead atoms. The summed E-state index contributed by atoms with van der Waals surface area (Å²) in [5.74, 6) is 0.779. The summed E-state index contributed by atoms with van der Waals surface area (Å²) in [5, 5.41) is 3.00. The third kappa shape index (κ3) is 6.06. The highest BCUT2D eigenvalue weighted by Gasteiger charge is 2.07. The zero-order valence-corrected chi connectivity index (χ0v) is 12.0. The maximum absolute atomic E-state index is 11.7. The Morgan fingerprint density at radius 1 is 1.33 bits per heavy atom. The molecule has 0 spiro atoms. The van der Waals surface area contributed by atoms with Crippen molar-refractivity contribution in [1.29, 1.82) is 0 Å². The number of hydrogen-bond donors (Lipinski definition) is 1. The molecule has 3 heteroatoms. The van der Waals surface area contributed by atoms with Crippen LogP contribution in [0.3, 0.4) is 0 Å². The highest BCUT2D eigenvalue weighted by atomic mass is 35.5. The number of aryl methyl sites for hydroxylation is 2. The minimum atomic E-state index is 0.123. The van der Waals surface area contributed by atoms with Crippen LogP contribution in [0.1, 0.15) is 37.3 Å². The van der Waals surface area contributed by atoms with E-state index >= 15 is 0 Å². The van der Waals surface area contributed by atoms with Crippen molar-refractivity contribution in [2.75, 3.05) is 5.88 Å². The standard InChI is InChI=1S/C15H22ClNO/c1-12-5-7-14(8-6-12)9-10-15(18)17-13(2)4-3-11-16/h5-8,13H,3-4,9-11H2,1-2H3,(H,17,18). The molecule has 1 N–H and O–H groups in total. The van der Waals surface area contributed by atoms with Crippen molar-refractivity contribution < 1.29 is 4.79 Å². The van der Waals surface area contributed by atoms with Crippen molar-refractivity contribution in [3.05, 3.63) is 35.4 Å². The van der Waals surface area contributed by atoms with Crippen LogP contribution in [0.25, 0.3) is 0 Å². The molecule has 0 fully saturated rings. The third-order valence-electron chi connectivity index (χ3n) is 2.94. The average Bonchev–Trinajstić information content (AvgIpc) is 2.35. The van der Waals surface area contributed by atoms with Crippen LogP contribution in [0.15, 0.2) is 24.3 Å². The molecule has 1 aromatic rings. The van der Waals surface area contributed by atoms with Crippen LogP contribution < -0.4 is 5.32 Å². The maximum Gasteiger partial charge on any atom is 0.220 e. The molecule has 0 aliphatic rings. The van der Waals surface area contributed by atoms with Gasteiger partial charge in [0.25, 0.3) is 0 Å². The van der Waals surface area contributed by atoms with Crippen molar-refractivity contribution in [3.8, 4) is 0 Å². The Hall–Kier alpha value is -1.02. The Morgan fingerprint density at radius 2 is 2.00 bits per heavy atom. The lowest BCUT2D eigenvalue weighted by Gasteiger charge is -2.13. The summed E-state index contributed by atoms with van der Waals surface area (Å²) in [7, 11) is 0. The minimum Gasteiger partial charge on any atom is -0.354 e. The number of amides is 1. The fraction of sp³-hybridized carbons (Fsp3) is 0.533. The molecule has 0 aliphatic heterocycles. The number of carbonyl (C=O) groups is 1. The lowest BCUT2D eigenvalue weighted by atomic mass is 10.1. The molecule has 2 nitrogen and oxygen atoms in total. The predicted molar refractivity (Wildman–Crippen MR) is 77.1 cm³/mol. The Balaban J connectivity index is 2.26. The Bertz CT molecular complexity index is 361. The van der Waals surface area contributed by atoms with E-state index in [1.807, 2.05) is 6.92 Å². The quantitative estimate of drug-likeness (QED) is 0.754. The van der Waals surface area contributed by atoms with Gasteiger partial charge in [0, 0.05) is 18.3 Å². The van der Waals surface area contributed by atoms with Gasteiger partial charge >= 0.3 is 0 Å². The maximum atomic E-state index is 11.7. The predicted octanol–water partition coefficient (Wildman–Crippen LogP) is 3.45. The number of carbonyl (C=O) groups excluding carboxylic acids is 1. The average molecular weight is 268 g/mol. The normalized spacial score (nSPS) is 12.2. The third-order valence-corrected chi connectivity index (χ3v) is 3.21. The van der Waals surface area contributed by atoms with Gasteiger partial charge in [-0.05, 0) is 38.7 Å². The fourth-order valence-corrected chi connectivity index (χ4v) is 1.97. The van der Waals surface area contributed by atoms with Crippen LogP contribution in [-0.4, -0.2) is 17.8 Å².